The molecule has 0 saturated heterocycles. The number of halogens is 3. The van der Waals surface area contributed by atoms with Gasteiger partial charge in [0.05, 0.1) is 23.5 Å². The maximum absolute atomic E-state index is 13.2. The van der Waals surface area contributed by atoms with E-state index in [0.29, 0.717) is 11.4 Å². The van der Waals surface area contributed by atoms with Gasteiger partial charge in [-0.05, 0) is 50.2 Å². The van der Waals surface area contributed by atoms with Crippen LogP contribution in [-0.2, 0) is 6.18 Å². The number of rotatable bonds is 3. The molecule has 1 aliphatic rings. The summed E-state index contributed by atoms with van der Waals surface area (Å²) in [6.45, 7) is 3.73. The number of anilines is 3. The zero-order chi connectivity index (χ0) is 23.2. The maximum atomic E-state index is 13.2. The van der Waals surface area contributed by atoms with Gasteiger partial charge in [-0.1, -0.05) is 0 Å². The Labute approximate surface area is 180 Å². The van der Waals surface area contributed by atoms with Crippen LogP contribution < -0.4 is 16.0 Å². The average molecular weight is 444 g/mol. The standard InChI is InChI=1S/C21H19F3N6O2/c1-11-7-13(8-17(25)27-11)19(31)28-16-9-26-30-12(2)10-29(20(32)18(16)30)15-5-3-14(4-6-15)21(22,23)24/h3-9,12H,10H2,1-2H3,(H2,25,27)(H,28,31)/t12-/m0/s1. The Balaban J connectivity index is 1.64. The van der Waals surface area contributed by atoms with Crippen LogP contribution in [0.25, 0.3) is 0 Å². The number of aryl methyl sites for hydroxylation is 1. The van der Waals surface area contributed by atoms with Gasteiger partial charge in [0.25, 0.3) is 11.8 Å². The van der Waals surface area contributed by atoms with Crippen LogP contribution in [0.5, 0.6) is 0 Å². The quantitative estimate of drug-likeness (QED) is 0.641. The first kappa shape index (κ1) is 21.3. The molecule has 2 aromatic heterocycles. The number of nitrogen functional groups attached to an aromatic ring is 1. The largest absolute Gasteiger partial charge is 0.416 e. The normalized spacial score (nSPS) is 16.1. The molecular weight excluding hydrogens is 425 g/mol. The van der Waals surface area contributed by atoms with E-state index in [9.17, 15) is 22.8 Å². The van der Waals surface area contributed by atoms with E-state index in [1.165, 1.54) is 34.0 Å². The second-order valence-electron chi connectivity index (χ2n) is 7.54. The molecule has 0 radical (unpaired) electrons. The third-order valence-electron chi connectivity index (χ3n) is 5.10. The summed E-state index contributed by atoms with van der Waals surface area (Å²) < 4.78 is 40.1. The summed E-state index contributed by atoms with van der Waals surface area (Å²) in [6, 6.07) is 7.06. The fraction of sp³-hybridized carbons (Fsp3) is 0.238. The Morgan fingerprint density at radius 1 is 1.22 bits per heavy atom. The lowest BCUT2D eigenvalue weighted by molar-refractivity contribution is -0.137. The van der Waals surface area contributed by atoms with Crippen molar-refractivity contribution in [2.45, 2.75) is 26.1 Å². The first-order valence-electron chi connectivity index (χ1n) is 9.66. The minimum Gasteiger partial charge on any atom is -0.384 e. The number of amides is 2. The van der Waals surface area contributed by atoms with Crippen LogP contribution in [0.15, 0.2) is 42.6 Å². The monoisotopic (exact) mass is 444 g/mol. The van der Waals surface area contributed by atoms with Crippen molar-refractivity contribution >= 4 is 29.0 Å². The number of nitrogens with two attached hydrogens (primary N) is 1. The summed E-state index contributed by atoms with van der Waals surface area (Å²) in [5.74, 6) is -0.795. The van der Waals surface area contributed by atoms with Crippen molar-refractivity contribution in [1.29, 1.82) is 0 Å². The van der Waals surface area contributed by atoms with Crippen molar-refractivity contribution in [3.05, 3.63) is 65.1 Å². The number of pyridine rings is 1. The molecule has 1 aromatic carbocycles. The summed E-state index contributed by atoms with van der Waals surface area (Å²) in [6.07, 6.45) is -3.10. The SMILES string of the molecule is Cc1cc(C(=O)Nc2cnn3c2C(=O)N(c2ccc(C(F)(F)F)cc2)C[C@@H]3C)cc(N)n1. The van der Waals surface area contributed by atoms with Crippen molar-refractivity contribution < 1.29 is 22.8 Å². The molecule has 3 heterocycles. The smallest absolute Gasteiger partial charge is 0.384 e. The van der Waals surface area contributed by atoms with Crippen molar-refractivity contribution in [3.63, 3.8) is 0 Å². The highest BCUT2D eigenvalue weighted by atomic mass is 19.4. The Kier molecular flexibility index (Phi) is 5.11. The lowest BCUT2D eigenvalue weighted by atomic mass is 10.1. The van der Waals surface area contributed by atoms with Gasteiger partial charge in [0.1, 0.15) is 5.82 Å². The zero-order valence-electron chi connectivity index (χ0n) is 17.1. The molecule has 3 N–H and O–H groups in total. The van der Waals surface area contributed by atoms with E-state index >= 15 is 0 Å². The summed E-state index contributed by atoms with van der Waals surface area (Å²) in [5.41, 5.74) is 6.37. The lowest BCUT2D eigenvalue weighted by Gasteiger charge is -2.32. The molecule has 0 saturated carbocycles. The number of hydrogen-bond donors (Lipinski definition) is 2. The molecule has 8 nitrogen and oxygen atoms in total. The van der Waals surface area contributed by atoms with Crippen LogP contribution in [0, 0.1) is 6.92 Å². The molecule has 0 bridgehead atoms. The van der Waals surface area contributed by atoms with Crippen LogP contribution in [0.1, 0.15) is 45.1 Å². The summed E-state index contributed by atoms with van der Waals surface area (Å²) in [4.78, 5) is 31.3. The predicted octanol–water partition coefficient (Wildman–Crippen LogP) is 3.66. The first-order valence-corrected chi connectivity index (χ1v) is 9.66. The summed E-state index contributed by atoms with van der Waals surface area (Å²) in [5, 5.41) is 6.88. The summed E-state index contributed by atoms with van der Waals surface area (Å²) in [7, 11) is 0. The van der Waals surface area contributed by atoms with Gasteiger partial charge in [-0.15, -0.1) is 0 Å². The van der Waals surface area contributed by atoms with E-state index in [0.717, 1.165) is 12.1 Å². The van der Waals surface area contributed by atoms with Gasteiger partial charge < -0.3 is 16.0 Å². The highest BCUT2D eigenvalue weighted by molar-refractivity contribution is 6.13. The van der Waals surface area contributed by atoms with Gasteiger partial charge in [-0.25, -0.2) is 4.98 Å². The van der Waals surface area contributed by atoms with E-state index in [-0.39, 0.29) is 35.3 Å². The topological polar surface area (TPSA) is 106 Å². The molecule has 4 rings (SSSR count). The van der Waals surface area contributed by atoms with E-state index in [1.807, 2.05) is 6.92 Å². The number of nitrogens with zero attached hydrogens (tertiary/aromatic N) is 4. The number of fused-ring (bicyclic) bond motifs is 1. The van der Waals surface area contributed by atoms with Crippen molar-refractivity contribution in [2.24, 2.45) is 0 Å². The molecular formula is C21H19F3N6O2. The molecule has 1 aliphatic heterocycles. The second kappa shape index (κ2) is 7.66. The van der Waals surface area contributed by atoms with Gasteiger partial charge in [0.15, 0.2) is 5.69 Å². The summed E-state index contributed by atoms with van der Waals surface area (Å²) >= 11 is 0. The van der Waals surface area contributed by atoms with E-state index in [4.69, 9.17) is 5.73 Å². The molecule has 0 spiro atoms. The molecule has 0 aliphatic carbocycles. The second-order valence-corrected chi connectivity index (χ2v) is 7.54. The first-order chi connectivity index (χ1) is 15.0. The van der Waals surface area contributed by atoms with Crippen LogP contribution in [0.4, 0.5) is 30.4 Å². The number of aromatic nitrogens is 3. The zero-order valence-corrected chi connectivity index (χ0v) is 17.1. The number of nitrogens with one attached hydrogen (secondary N) is 1. The van der Waals surface area contributed by atoms with E-state index in [2.05, 4.69) is 15.4 Å². The highest BCUT2D eigenvalue weighted by Gasteiger charge is 2.35. The minimum absolute atomic E-state index is 0.135. The Bertz CT molecular complexity index is 1180. The number of carbonyl (C=O) groups is 2. The van der Waals surface area contributed by atoms with Gasteiger partial charge in [0.2, 0.25) is 0 Å². The van der Waals surface area contributed by atoms with Gasteiger partial charge in [0, 0.05) is 23.5 Å². The highest BCUT2D eigenvalue weighted by Crippen LogP contribution is 2.33. The maximum Gasteiger partial charge on any atom is 0.416 e. The van der Waals surface area contributed by atoms with Gasteiger partial charge >= 0.3 is 6.18 Å². The van der Waals surface area contributed by atoms with Crippen LogP contribution in [-0.4, -0.2) is 33.1 Å². The fourth-order valence-electron chi connectivity index (χ4n) is 3.63. The Morgan fingerprint density at radius 2 is 1.91 bits per heavy atom. The Morgan fingerprint density at radius 3 is 2.53 bits per heavy atom. The molecule has 32 heavy (non-hydrogen) atoms. The number of benzene rings is 1. The number of alkyl halides is 3. The van der Waals surface area contributed by atoms with Crippen LogP contribution in [0.3, 0.4) is 0 Å². The van der Waals surface area contributed by atoms with Crippen molar-refractivity contribution in [1.82, 2.24) is 14.8 Å². The average Bonchev–Trinajstić information content (AvgIpc) is 3.14. The van der Waals surface area contributed by atoms with Crippen molar-refractivity contribution in [2.75, 3.05) is 22.5 Å². The lowest BCUT2D eigenvalue weighted by Crippen LogP contribution is -2.43. The van der Waals surface area contributed by atoms with Crippen LogP contribution in [0.2, 0.25) is 0 Å². The third-order valence-corrected chi connectivity index (χ3v) is 5.10. The van der Waals surface area contributed by atoms with Crippen LogP contribution >= 0.6 is 0 Å². The number of hydrogen-bond acceptors (Lipinski definition) is 5. The van der Waals surface area contributed by atoms with E-state index < -0.39 is 23.6 Å². The molecule has 166 valence electrons. The molecule has 0 fully saturated rings. The molecule has 1 atom stereocenters. The Hall–Kier alpha value is -3.89. The fourth-order valence-corrected chi connectivity index (χ4v) is 3.63. The third kappa shape index (κ3) is 3.88. The molecule has 2 amide bonds. The predicted molar refractivity (Wildman–Crippen MR) is 111 cm³/mol. The number of carbonyl (C=O) groups excluding carboxylic acids is 2. The molecule has 11 heteroatoms. The van der Waals surface area contributed by atoms with Gasteiger partial charge in [-0.2, -0.15) is 18.3 Å². The van der Waals surface area contributed by atoms with Gasteiger partial charge in [-0.3, -0.25) is 14.3 Å². The molecule has 3 aromatic rings. The molecule has 0 unspecified atom stereocenters. The van der Waals surface area contributed by atoms with Crippen molar-refractivity contribution in [3.8, 4) is 0 Å². The van der Waals surface area contributed by atoms with E-state index in [1.54, 1.807) is 13.0 Å². The minimum atomic E-state index is -4.47.